The number of piperidine rings is 1. The van der Waals surface area contributed by atoms with Crippen molar-refractivity contribution < 1.29 is 19.0 Å². The number of hydrogen-bond donors (Lipinski definition) is 2. The van der Waals surface area contributed by atoms with Gasteiger partial charge in [0, 0.05) is 13.7 Å². The van der Waals surface area contributed by atoms with E-state index in [0.29, 0.717) is 13.2 Å². The highest BCUT2D eigenvalue weighted by Crippen LogP contribution is 2.33. The van der Waals surface area contributed by atoms with Crippen molar-refractivity contribution in [3.05, 3.63) is 23.8 Å². The minimum atomic E-state index is -0.420. The number of methoxy groups -OCH3 is 1. The molecule has 6 heteroatoms. The van der Waals surface area contributed by atoms with E-state index < -0.39 is 5.41 Å². The average molecular weight is 306 g/mol. The molecule has 0 aliphatic carbocycles. The van der Waals surface area contributed by atoms with Crippen molar-refractivity contribution in [3.63, 3.8) is 0 Å². The van der Waals surface area contributed by atoms with Crippen LogP contribution in [-0.2, 0) is 16.1 Å². The van der Waals surface area contributed by atoms with Crippen LogP contribution in [0.2, 0.25) is 0 Å². The van der Waals surface area contributed by atoms with E-state index in [1.165, 1.54) is 0 Å². The molecule has 120 valence electrons. The first-order valence-electron chi connectivity index (χ1n) is 7.60. The molecule has 0 radical (unpaired) electrons. The molecule has 3 rings (SSSR count). The van der Waals surface area contributed by atoms with Gasteiger partial charge in [-0.3, -0.25) is 4.79 Å². The first-order valence-corrected chi connectivity index (χ1v) is 7.60. The molecule has 2 N–H and O–H groups in total. The fraction of sp³-hybridized carbons (Fsp3) is 0.562. The molecule has 1 amide bonds. The molecule has 1 saturated heterocycles. The molecule has 1 fully saturated rings. The van der Waals surface area contributed by atoms with E-state index >= 15 is 0 Å². The molecule has 6 nitrogen and oxygen atoms in total. The largest absolute Gasteiger partial charge is 0.454 e. The van der Waals surface area contributed by atoms with Crippen LogP contribution < -0.4 is 20.1 Å². The SMILES string of the molecule is COCC1(C(=O)NCc2ccc3c(c2)OCO3)CCNCC1. The second kappa shape index (κ2) is 6.54. The molecule has 2 heterocycles. The maximum Gasteiger partial charge on any atom is 0.231 e. The summed E-state index contributed by atoms with van der Waals surface area (Å²) >= 11 is 0. The lowest BCUT2D eigenvalue weighted by Gasteiger charge is -2.35. The molecule has 0 bridgehead atoms. The number of ether oxygens (including phenoxy) is 3. The third-order valence-electron chi connectivity index (χ3n) is 4.35. The summed E-state index contributed by atoms with van der Waals surface area (Å²) in [6.45, 7) is 2.90. The molecular weight excluding hydrogens is 284 g/mol. The molecule has 22 heavy (non-hydrogen) atoms. The monoisotopic (exact) mass is 306 g/mol. The quantitative estimate of drug-likeness (QED) is 0.851. The smallest absolute Gasteiger partial charge is 0.231 e. The summed E-state index contributed by atoms with van der Waals surface area (Å²) in [6, 6.07) is 5.73. The molecule has 2 aliphatic heterocycles. The Morgan fingerprint density at radius 3 is 2.86 bits per heavy atom. The second-order valence-corrected chi connectivity index (χ2v) is 5.83. The van der Waals surface area contributed by atoms with Gasteiger partial charge in [0.25, 0.3) is 0 Å². The van der Waals surface area contributed by atoms with E-state index in [4.69, 9.17) is 14.2 Å². The van der Waals surface area contributed by atoms with E-state index in [0.717, 1.165) is 43.0 Å². The summed E-state index contributed by atoms with van der Waals surface area (Å²) in [5, 5.41) is 6.33. The molecular formula is C16H22N2O4. The van der Waals surface area contributed by atoms with Crippen LogP contribution in [0.4, 0.5) is 0 Å². The third kappa shape index (κ3) is 3.03. The molecule has 1 aromatic carbocycles. The van der Waals surface area contributed by atoms with Gasteiger partial charge in [0.1, 0.15) is 0 Å². The molecule has 0 unspecified atom stereocenters. The van der Waals surface area contributed by atoms with Crippen molar-refractivity contribution in [2.45, 2.75) is 19.4 Å². The van der Waals surface area contributed by atoms with Crippen LogP contribution in [0.25, 0.3) is 0 Å². The van der Waals surface area contributed by atoms with Crippen LogP contribution in [0.3, 0.4) is 0 Å². The van der Waals surface area contributed by atoms with Gasteiger partial charge >= 0.3 is 0 Å². The lowest BCUT2D eigenvalue weighted by Crippen LogP contribution is -2.49. The Hall–Kier alpha value is -1.79. The Morgan fingerprint density at radius 1 is 1.32 bits per heavy atom. The number of rotatable bonds is 5. The summed E-state index contributed by atoms with van der Waals surface area (Å²) in [6.07, 6.45) is 1.60. The summed E-state index contributed by atoms with van der Waals surface area (Å²) in [4.78, 5) is 12.6. The Kier molecular flexibility index (Phi) is 4.49. The standard InChI is InChI=1S/C16H22N2O4/c1-20-10-16(4-6-17-7-5-16)15(19)18-9-12-2-3-13-14(8-12)22-11-21-13/h2-3,8,17H,4-7,9-11H2,1H3,(H,18,19). The van der Waals surface area contributed by atoms with Gasteiger partial charge in [-0.05, 0) is 43.6 Å². The van der Waals surface area contributed by atoms with E-state index in [9.17, 15) is 4.79 Å². The first-order chi connectivity index (χ1) is 10.7. The molecule has 0 saturated carbocycles. The highest BCUT2D eigenvalue weighted by atomic mass is 16.7. The van der Waals surface area contributed by atoms with Crippen LogP contribution in [0.5, 0.6) is 11.5 Å². The van der Waals surface area contributed by atoms with Crippen LogP contribution in [0.15, 0.2) is 18.2 Å². The van der Waals surface area contributed by atoms with Crippen molar-refractivity contribution in [1.82, 2.24) is 10.6 Å². The van der Waals surface area contributed by atoms with Gasteiger partial charge in [-0.1, -0.05) is 6.07 Å². The van der Waals surface area contributed by atoms with Gasteiger partial charge in [-0.2, -0.15) is 0 Å². The Labute approximate surface area is 130 Å². The number of nitrogens with one attached hydrogen (secondary N) is 2. The topological polar surface area (TPSA) is 68.8 Å². The van der Waals surface area contributed by atoms with Crippen LogP contribution >= 0.6 is 0 Å². The van der Waals surface area contributed by atoms with Crippen LogP contribution in [0.1, 0.15) is 18.4 Å². The fourth-order valence-electron chi connectivity index (χ4n) is 3.04. The molecule has 0 spiro atoms. The van der Waals surface area contributed by atoms with E-state index in [2.05, 4.69) is 10.6 Å². The summed E-state index contributed by atoms with van der Waals surface area (Å²) in [7, 11) is 1.65. The van der Waals surface area contributed by atoms with Gasteiger partial charge in [0.15, 0.2) is 11.5 Å². The number of benzene rings is 1. The Balaban J connectivity index is 1.63. The number of carbonyl (C=O) groups excluding carboxylic acids is 1. The Bertz CT molecular complexity index is 535. The predicted octanol–water partition coefficient (Wildman–Crippen LogP) is 1.05. The molecule has 0 atom stereocenters. The number of fused-ring (bicyclic) bond motifs is 1. The van der Waals surface area contributed by atoms with Crippen LogP contribution in [-0.4, -0.2) is 39.5 Å². The van der Waals surface area contributed by atoms with Crippen molar-refractivity contribution in [1.29, 1.82) is 0 Å². The fourth-order valence-corrected chi connectivity index (χ4v) is 3.04. The van der Waals surface area contributed by atoms with Crippen molar-refractivity contribution in [2.75, 3.05) is 33.6 Å². The number of hydrogen-bond acceptors (Lipinski definition) is 5. The minimum absolute atomic E-state index is 0.0634. The minimum Gasteiger partial charge on any atom is -0.454 e. The van der Waals surface area contributed by atoms with Crippen molar-refractivity contribution in [3.8, 4) is 11.5 Å². The summed E-state index contributed by atoms with van der Waals surface area (Å²) in [5.74, 6) is 1.55. The van der Waals surface area contributed by atoms with Gasteiger partial charge in [-0.25, -0.2) is 0 Å². The predicted molar refractivity (Wildman–Crippen MR) is 80.8 cm³/mol. The third-order valence-corrected chi connectivity index (χ3v) is 4.35. The highest BCUT2D eigenvalue weighted by molar-refractivity contribution is 5.83. The average Bonchev–Trinajstić information content (AvgIpc) is 3.01. The number of amides is 1. The van der Waals surface area contributed by atoms with Crippen molar-refractivity contribution >= 4 is 5.91 Å². The summed E-state index contributed by atoms with van der Waals surface area (Å²) < 4.78 is 15.9. The lowest BCUT2D eigenvalue weighted by atomic mass is 9.78. The maximum absolute atomic E-state index is 12.6. The van der Waals surface area contributed by atoms with Gasteiger partial charge < -0.3 is 24.8 Å². The van der Waals surface area contributed by atoms with Gasteiger partial charge in [0.05, 0.1) is 12.0 Å². The summed E-state index contributed by atoms with van der Waals surface area (Å²) in [5.41, 5.74) is 0.579. The van der Waals surface area contributed by atoms with Crippen LogP contribution in [0, 0.1) is 5.41 Å². The normalized spacial score (nSPS) is 19.0. The lowest BCUT2D eigenvalue weighted by molar-refractivity contribution is -0.136. The molecule has 1 aromatic rings. The van der Waals surface area contributed by atoms with Gasteiger partial charge in [0.2, 0.25) is 12.7 Å². The molecule has 2 aliphatic rings. The van der Waals surface area contributed by atoms with Gasteiger partial charge in [-0.15, -0.1) is 0 Å². The zero-order chi connectivity index (χ0) is 15.4. The van der Waals surface area contributed by atoms with Crippen molar-refractivity contribution in [2.24, 2.45) is 5.41 Å². The molecule has 0 aromatic heterocycles. The zero-order valence-corrected chi connectivity index (χ0v) is 12.8. The highest BCUT2D eigenvalue weighted by Gasteiger charge is 2.39. The van der Waals surface area contributed by atoms with E-state index in [1.807, 2.05) is 18.2 Å². The maximum atomic E-state index is 12.6. The first kappa shape index (κ1) is 15.1. The van der Waals surface area contributed by atoms with E-state index in [-0.39, 0.29) is 12.7 Å². The Morgan fingerprint density at radius 2 is 2.09 bits per heavy atom. The number of carbonyl (C=O) groups is 1. The zero-order valence-electron chi connectivity index (χ0n) is 12.8. The second-order valence-electron chi connectivity index (χ2n) is 5.83. The van der Waals surface area contributed by atoms with E-state index in [1.54, 1.807) is 7.11 Å².